The minimum Gasteiger partial charge on any atom is -0.289 e. The average molecular weight is 342 g/mol. The normalized spacial score (nSPS) is 13.9. The molecule has 0 bridgehead atoms. The predicted molar refractivity (Wildman–Crippen MR) is 89.6 cm³/mol. The molecule has 1 aliphatic rings. The Bertz CT molecular complexity index is 930. The van der Waals surface area contributed by atoms with E-state index in [1.54, 1.807) is 31.2 Å². The minimum atomic E-state index is -0.524. The highest BCUT2D eigenvalue weighted by Crippen LogP contribution is 2.31. The van der Waals surface area contributed by atoms with Crippen LogP contribution in [0.3, 0.4) is 0 Å². The molecule has 6 heteroatoms. The third-order valence-corrected chi connectivity index (χ3v) is 4.46. The first-order valence-electron chi connectivity index (χ1n) is 7.21. The van der Waals surface area contributed by atoms with Crippen LogP contribution in [0.4, 0.5) is 5.69 Å². The Morgan fingerprint density at radius 2 is 1.67 bits per heavy atom. The third-order valence-electron chi connectivity index (χ3n) is 4.09. The van der Waals surface area contributed by atoms with Crippen LogP contribution >= 0.6 is 11.6 Å². The maximum absolute atomic E-state index is 12.7. The van der Waals surface area contributed by atoms with Crippen molar-refractivity contribution >= 4 is 28.9 Å². The van der Waals surface area contributed by atoms with Crippen molar-refractivity contribution < 1.29 is 14.5 Å². The standard InChI is InChI=1S/C18H12ClNO4/c1-10-15(9-11-8-12(20(23)24)6-7-16(11)19)18(22)14-5-3-2-4-13(14)17(10)21/h2-8H,9H2,1H3. The monoisotopic (exact) mass is 341 g/mol. The first kappa shape index (κ1) is 16.1. The zero-order valence-electron chi connectivity index (χ0n) is 12.7. The van der Waals surface area contributed by atoms with Crippen LogP contribution in [0.5, 0.6) is 0 Å². The van der Waals surface area contributed by atoms with Crippen molar-refractivity contribution in [1.82, 2.24) is 0 Å². The number of non-ortho nitro benzene ring substituents is 1. The molecule has 5 nitrogen and oxygen atoms in total. The molecule has 0 saturated carbocycles. The van der Waals surface area contributed by atoms with Gasteiger partial charge in [-0.05, 0) is 18.6 Å². The van der Waals surface area contributed by atoms with E-state index in [2.05, 4.69) is 0 Å². The van der Waals surface area contributed by atoms with Crippen molar-refractivity contribution in [2.75, 3.05) is 0 Å². The summed E-state index contributed by atoms with van der Waals surface area (Å²) in [4.78, 5) is 35.6. The second kappa shape index (κ2) is 6.02. The Morgan fingerprint density at radius 1 is 1.04 bits per heavy atom. The van der Waals surface area contributed by atoms with E-state index in [4.69, 9.17) is 11.6 Å². The van der Waals surface area contributed by atoms with Gasteiger partial charge in [0.15, 0.2) is 11.6 Å². The Hall–Kier alpha value is -2.79. The number of benzene rings is 2. The lowest BCUT2D eigenvalue weighted by atomic mass is 9.82. The van der Waals surface area contributed by atoms with E-state index in [1.165, 1.54) is 18.2 Å². The smallest absolute Gasteiger partial charge is 0.269 e. The van der Waals surface area contributed by atoms with E-state index >= 15 is 0 Å². The SMILES string of the molecule is CC1=C(Cc2cc([N+](=O)[O-])ccc2Cl)C(=O)c2ccccc2C1=O. The number of hydrogen-bond acceptors (Lipinski definition) is 4. The zero-order valence-corrected chi connectivity index (χ0v) is 13.5. The van der Waals surface area contributed by atoms with Crippen LogP contribution in [0.1, 0.15) is 33.2 Å². The molecule has 0 amide bonds. The van der Waals surface area contributed by atoms with Crippen molar-refractivity contribution in [2.45, 2.75) is 13.3 Å². The molecule has 0 heterocycles. The molecule has 2 aromatic carbocycles. The van der Waals surface area contributed by atoms with Gasteiger partial charge in [0.2, 0.25) is 0 Å². The molecule has 0 atom stereocenters. The number of carbonyl (C=O) groups is 2. The third kappa shape index (κ3) is 2.63. The minimum absolute atomic E-state index is 0.0747. The maximum Gasteiger partial charge on any atom is 0.269 e. The van der Waals surface area contributed by atoms with Gasteiger partial charge in [-0.25, -0.2) is 0 Å². The molecule has 1 aliphatic carbocycles. The summed E-state index contributed by atoms with van der Waals surface area (Å²) in [6.45, 7) is 1.59. The van der Waals surface area contributed by atoms with Gasteiger partial charge < -0.3 is 0 Å². The summed E-state index contributed by atoms with van der Waals surface area (Å²) in [5.74, 6) is -0.452. The molecule has 0 radical (unpaired) electrons. The van der Waals surface area contributed by atoms with E-state index in [-0.39, 0.29) is 23.7 Å². The van der Waals surface area contributed by atoms with Crippen LogP contribution in [0.2, 0.25) is 5.02 Å². The van der Waals surface area contributed by atoms with Gasteiger partial charge >= 0.3 is 0 Å². The molecule has 24 heavy (non-hydrogen) atoms. The van der Waals surface area contributed by atoms with Crippen molar-refractivity contribution in [1.29, 1.82) is 0 Å². The second-order valence-electron chi connectivity index (χ2n) is 5.52. The highest BCUT2D eigenvalue weighted by molar-refractivity contribution is 6.32. The Labute approximate surface area is 142 Å². The lowest BCUT2D eigenvalue weighted by molar-refractivity contribution is -0.384. The number of nitro groups is 1. The van der Waals surface area contributed by atoms with Gasteiger partial charge in [0.25, 0.3) is 5.69 Å². The lowest BCUT2D eigenvalue weighted by Crippen LogP contribution is -2.22. The van der Waals surface area contributed by atoms with Gasteiger partial charge in [0.05, 0.1) is 4.92 Å². The fourth-order valence-electron chi connectivity index (χ4n) is 2.76. The van der Waals surface area contributed by atoms with Gasteiger partial charge in [0.1, 0.15) is 0 Å². The van der Waals surface area contributed by atoms with Gasteiger partial charge in [-0.1, -0.05) is 35.9 Å². The number of Topliss-reactive ketones (excluding diaryl/α,β-unsaturated/α-hetero) is 2. The highest BCUT2D eigenvalue weighted by Gasteiger charge is 2.30. The van der Waals surface area contributed by atoms with E-state index in [9.17, 15) is 19.7 Å². The molecule has 0 saturated heterocycles. The fourth-order valence-corrected chi connectivity index (χ4v) is 2.95. The number of rotatable bonds is 3. The fraction of sp³-hybridized carbons (Fsp3) is 0.111. The molecule has 0 unspecified atom stereocenters. The van der Waals surface area contributed by atoms with E-state index in [0.29, 0.717) is 32.9 Å². The highest BCUT2D eigenvalue weighted by atomic mass is 35.5. The van der Waals surface area contributed by atoms with Gasteiger partial charge in [0, 0.05) is 45.8 Å². The molecule has 0 spiro atoms. The van der Waals surface area contributed by atoms with Crippen molar-refractivity contribution in [3.05, 3.63) is 85.4 Å². The molecule has 0 aliphatic heterocycles. The Kier molecular flexibility index (Phi) is 4.03. The molecular weight excluding hydrogens is 330 g/mol. The molecular formula is C18H12ClNO4. The van der Waals surface area contributed by atoms with E-state index in [1.807, 2.05) is 0 Å². The summed E-state index contributed by atoms with van der Waals surface area (Å²) in [6.07, 6.45) is 0.0747. The first-order chi connectivity index (χ1) is 11.4. The lowest BCUT2D eigenvalue weighted by Gasteiger charge is -2.19. The van der Waals surface area contributed by atoms with E-state index in [0.717, 1.165) is 0 Å². The van der Waals surface area contributed by atoms with Crippen LogP contribution in [-0.4, -0.2) is 16.5 Å². The summed E-state index contributed by atoms with van der Waals surface area (Å²) in [7, 11) is 0. The predicted octanol–water partition coefficient (Wildman–Crippen LogP) is 4.19. The average Bonchev–Trinajstić information content (AvgIpc) is 2.58. The summed E-state index contributed by atoms with van der Waals surface area (Å²) >= 11 is 6.11. The quantitative estimate of drug-likeness (QED) is 0.619. The number of nitrogens with zero attached hydrogens (tertiary/aromatic N) is 1. The van der Waals surface area contributed by atoms with Crippen molar-refractivity contribution in [2.24, 2.45) is 0 Å². The van der Waals surface area contributed by atoms with Crippen LogP contribution in [0.15, 0.2) is 53.6 Å². The van der Waals surface area contributed by atoms with Crippen molar-refractivity contribution in [3.63, 3.8) is 0 Å². The molecule has 0 fully saturated rings. The maximum atomic E-state index is 12.7. The molecule has 2 aromatic rings. The van der Waals surface area contributed by atoms with Gasteiger partial charge in [-0.3, -0.25) is 19.7 Å². The molecule has 120 valence electrons. The molecule has 0 N–H and O–H groups in total. The second-order valence-corrected chi connectivity index (χ2v) is 5.92. The van der Waals surface area contributed by atoms with Crippen LogP contribution in [0.25, 0.3) is 0 Å². The zero-order chi connectivity index (χ0) is 17.4. The largest absolute Gasteiger partial charge is 0.289 e. The number of allylic oxidation sites excluding steroid dienone is 2. The topological polar surface area (TPSA) is 77.3 Å². The number of fused-ring (bicyclic) bond motifs is 1. The number of ketones is 2. The first-order valence-corrected chi connectivity index (χ1v) is 7.59. The number of nitro benzene ring substituents is 1. The number of hydrogen-bond donors (Lipinski definition) is 0. The summed E-state index contributed by atoms with van der Waals surface area (Å²) < 4.78 is 0. The number of halogens is 1. The van der Waals surface area contributed by atoms with Crippen LogP contribution < -0.4 is 0 Å². The van der Waals surface area contributed by atoms with Crippen LogP contribution in [0, 0.1) is 10.1 Å². The summed E-state index contributed by atoms with van der Waals surface area (Å²) in [5.41, 5.74) is 1.74. The van der Waals surface area contributed by atoms with Gasteiger partial charge in [-0.2, -0.15) is 0 Å². The number of carbonyl (C=O) groups excluding carboxylic acids is 2. The van der Waals surface area contributed by atoms with Gasteiger partial charge in [-0.15, -0.1) is 0 Å². The Morgan fingerprint density at radius 3 is 2.29 bits per heavy atom. The molecule has 3 rings (SSSR count). The molecule has 0 aromatic heterocycles. The Balaban J connectivity index is 2.06. The summed E-state index contributed by atoms with van der Waals surface area (Å²) in [5, 5.41) is 11.2. The van der Waals surface area contributed by atoms with E-state index < -0.39 is 4.92 Å². The summed E-state index contributed by atoms with van der Waals surface area (Å²) in [6, 6.07) is 10.7. The van der Waals surface area contributed by atoms with Crippen molar-refractivity contribution in [3.8, 4) is 0 Å². The van der Waals surface area contributed by atoms with Crippen LogP contribution in [-0.2, 0) is 6.42 Å².